The Hall–Kier alpha value is -0.420. The molecule has 0 fully saturated rings. The SMILES string of the molecule is CCC(C)(CBr)NC(=O)c1ccc(Br)cn1. The second-order valence-electron chi connectivity index (χ2n) is 3.86. The summed E-state index contributed by atoms with van der Waals surface area (Å²) in [5.74, 6) is -0.142. The number of nitrogens with one attached hydrogen (secondary N) is 1. The molecule has 0 aliphatic carbocycles. The monoisotopic (exact) mass is 348 g/mol. The largest absolute Gasteiger partial charge is 0.345 e. The number of carbonyl (C=O) groups is 1. The van der Waals surface area contributed by atoms with Crippen LogP contribution in [0.4, 0.5) is 0 Å². The van der Waals surface area contributed by atoms with Crippen LogP contribution in [0.2, 0.25) is 0 Å². The summed E-state index contributed by atoms with van der Waals surface area (Å²) in [6.07, 6.45) is 2.48. The van der Waals surface area contributed by atoms with Crippen molar-refractivity contribution < 1.29 is 4.79 Å². The van der Waals surface area contributed by atoms with Gasteiger partial charge < -0.3 is 5.32 Å². The number of carbonyl (C=O) groups excluding carboxylic acids is 1. The van der Waals surface area contributed by atoms with Gasteiger partial charge in [0.05, 0.1) is 0 Å². The first-order valence-electron chi connectivity index (χ1n) is 5.01. The van der Waals surface area contributed by atoms with E-state index in [0.29, 0.717) is 5.69 Å². The molecule has 3 nitrogen and oxygen atoms in total. The lowest BCUT2D eigenvalue weighted by molar-refractivity contribution is 0.0908. The van der Waals surface area contributed by atoms with E-state index in [9.17, 15) is 4.79 Å². The Labute approximate surface area is 112 Å². The topological polar surface area (TPSA) is 42.0 Å². The van der Waals surface area contributed by atoms with E-state index in [4.69, 9.17) is 0 Å². The summed E-state index contributed by atoms with van der Waals surface area (Å²) in [7, 11) is 0. The summed E-state index contributed by atoms with van der Waals surface area (Å²) >= 11 is 6.68. The first kappa shape index (κ1) is 13.6. The number of halogens is 2. The second-order valence-corrected chi connectivity index (χ2v) is 5.34. The highest BCUT2D eigenvalue weighted by Crippen LogP contribution is 2.14. The molecule has 0 radical (unpaired) electrons. The number of rotatable bonds is 4. The molecule has 5 heteroatoms. The molecule has 88 valence electrons. The first-order valence-corrected chi connectivity index (χ1v) is 6.92. The minimum absolute atomic E-state index is 0.142. The van der Waals surface area contributed by atoms with E-state index >= 15 is 0 Å². The van der Waals surface area contributed by atoms with Crippen LogP contribution in [0.3, 0.4) is 0 Å². The van der Waals surface area contributed by atoms with Gasteiger partial charge in [-0.1, -0.05) is 22.9 Å². The maximum Gasteiger partial charge on any atom is 0.270 e. The fourth-order valence-electron chi connectivity index (χ4n) is 1.06. The highest BCUT2D eigenvalue weighted by Gasteiger charge is 2.23. The van der Waals surface area contributed by atoms with E-state index in [2.05, 4.69) is 42.2 Å². The Morgan fingerprint density at radius 1 is 1.56 bits per heavy atom. The van der Waals surface area contributed by atoms with E-state index in [1.807, 2.05) is 13.8 Å². The van der Waals surface area contributed by atoms with Crippen molar-refractivity contribution in [2.75, 3.05) is 5.33 Å². The lowest BCUT2D eigenvalue weighted by Crippen LogP contribution is -2.47. The number of amides is 1. The molecule has 1 unspecified atom stereocenters. The van der Waals surface area contributed by atoms with Gasteiger partial charge in [0.2, 0.25) is 0 Å². The van der Waals surface area contributed by atoms with Gasteiger partial charge in [0.1, 0.15) is 5.69 Å². The summed E-state index contributed by atoms with van der Waals surface area (Å²) in [6, 6.07) is 3.50. The molecular weight excluding hydrogens is 336 g/mol. The minimum Gasteiger partial charge on any atom is -0.345 e. The van der Waals surface area contributed by atoms with Crippen molar-refractivity contribution in [3.05, 3.63) is 28.5 Å². The zero-order valence-electron chi connectivity index (χ0n) is 9.26. The van der Waals surface area contributed by atoms with Crippen molar-refractivity contribution in [3.8, 4) is 0 Å². The standard InChI is InChI=1S/C11H14Br2N2O/c1-3-11(2,7-12)15-10(16)9-5-4-8(13)6-14-9/h4-6H,3,7H2,1-2H3,(H,15,16). The van der Waals surface area contributed by atoms with Crippen LogP contribution < -0.4 is 5.32 Å². The van der Waals surface area contributed by atoms with Crippen molar-refractivity contribution in [1.29, 1.82) is 0 Å². The molecule has 0 spiro atoms. The van der Waals surface area contributed by atoms with E-state index in [0.717, 1.165) is 16.2 Å². The van der Waals surface area contributed by atoms with Crippen molar-refractivity contribution in [2.24, 2.45) is 0 Å². The quantitative estimate of drug-likeness (QED) is 0.848. The van der Waals surface area contributed by atoms with Crippen molar-refractivity contribution in [2.45, 2.75) is 25.8 Å². The van der Waals surface area contributed by atoms with Gasteiger partial charge in [-0.3, -0.25) is 4.79 Å². The Kier molecular flexibility index (Phi) is 4.92. The third-order valence-corrected chi connectivity index (χ3v) is 4.16. The molecule has 0 aromatic carbocycles. The van der Waals surface area contributed by atoms with Gasteiger partial charge >= 0.3 is 0 Å². The number of aromatic nitrogens is 1. The van der Waals surface area contributed by atoms with Gasteiger partial charge in [-0.2, -0.15) is 0 Å². The summed E-state index contributed by atoms with van der Waals surface area (Å²) in [6.45, 7) is 4.04. The van der Waals surface area contributed by atoms with Crippen molar-refractivity contribution >= 4 is 37.8 Å². The lowest BCUT2D eigenvalue weighted by atomic mass is 10.0. The molecule has 1 aromatic heterocycles. The smallest absolute Gasteiger partial charge is 0.270 e. The van der Waals surface area contributed by atoms with Crippen LogP contribution in [0.25, 0.3) is 0 Å². The molecular formula is C11H14Br2N2O. The Morgan fingerprint density at radius 2 is 2.25 bits per heavy atom. The zero-order valence-corrected chi connectivity index (χ0v) is 12.4. The minimum atomic E-state index is -0.230. The van der Waals surface area contributed by atoms with Gasteiger partial charge in [-0.15, -0.1) is 0 Å². The predicted molar refractivity (Wildman–Crippen MR) is 71.9 cm³/mol. The molecule has 1 aromatic rings. The van der Waals surface area contributed by atoms with E-state index < -0.39 is 0 Å². The van der Waals surface area contributed by atoms with Crippen LogP contribution in [0.5, 0.6) is 0 Å². The van der Waals surface area contributed by atoms with Crippen molar-refractivity contribution in [3.63, 3.8) is 0 Å². The van der Waals surface area contributed by atoms with Gasteiger partial charge in [0.15, 0.2) is 0 Å². The molecule has 16 heavy (non-hydrogen) atoms. The first-order chi connectivity index (χ1) is 7.50. The summed E-state index contributed by atoms with van der Waals surface area (Å²) in [5.41, 5.74) is 0.204. The summed E-state index contributed by atoms with van der Waals surface area (Å²) in [5, 5.41) is 3.69. The molecule has 1 rings (SSSR count). The molecule has 1 atom stereocenters. The number of hydrogen-bond donors (Lipinski definition) is 1. The highest BCUT2D eigenvalue weighted by atomic mass is 79.9. The number of alkyl halides is 1. The molecule has 0 saturated carbocycles. The van der Waals surface area contributed by atoms with E-state index in [1.54, 1.807) is 18.3 Å². The third-order valence-electron chi connectivity index (χ3n) is 2.45. The van der Waals surface area contributed by atoms with Gasteiger partial charge in [-0.25, -0.2) is 4.98 Å². The van der Waals surface area contributed by atoms with E-state index in [1.165, 1.54) is 0 Å². The van der Waals surface area contributed by atoms with Crippen LogP contribution in [0.1, 0.15) is 30.8 Å². The molecule has 0 bridgehead atoms. The third kappa shape index (κ3) is 3.56. The maximum atomic E-state index is 11.9. The average Bonchev–Trinajstić information content (AvgIpc) is 2.29. The molecule has 1 amide bonds. The maximum absolute atomic E-state index is 11.9. The molecule has 1 N–H and O–H groups in total. The van der Waals surface area contributed by atoms with Crippen LogP contribution in [-0.4, -0.2) is 21.8 Å². The Balaban J connectivity index is 2.76. The average molecular weight is 350 g/mol. The number of hydrogen-bond acceptors (Lipinski definition) is 2. The van der Waals surface area contributed by atoms with Crippen LogP contribution in [-0.2, 0) is 0 Å². The molecule has 0 aliphatic heterocycles. The Bertz CT molecular complexity index is 361. The number of pyridine rings is 1. The Morgan fingerprint density at radius 3 is 2.69 bits per heavy atom. The van der Waals surface area contributed by atoms with Crippen LogP contribution in [0, 0.1) is 0 Å². The zero-order chi connectivity index (χ0) is 12.2. The molecule has 0 saturated heterocycles. The van der Waals surface area contributed by atoms with Crippen LogP contribution >= 0.6 is 31.9 Å². The lowest BCUT2D eigenvalue weighted by Gasteiger charge is -2.27. The fraction of sp³-hybridized carbons (Fsp3) is 0.455. The molecule has 0 aliphatic rings. The normalized spacial score (nSPS) is 14.2. The molecule has 1 heterocycles. The summed E-state index contributed by atoms with van der Waals surface area (Å²) in [4.78, 5) is 15.9. The van der Waals surface area contributed by atoms with Gasteiger partial charge in [0, 0.05) is 21.5 Å². The van der Waals surface area contributed by atoms with E-state index in [-0.39, 0.29) is 11.4 Å². The predicted octanol–water partition coefficient (Wildman–Crippen LogP) is 3.14. The van der Waals surface area contributed by atoms with Gasteiger partial charge in [-0.05, 0) is 41.4 Å². The highest BCUT2D eigenvalue weighted by molar-refractivity contribution is 9.10. The van der Waals surface area contributed by atoms with Crippen molar-refractivity contribution in [1.82, 2.24) is 10.3 Å². The van der Waals surface area contributed by atoms with Crippen LogP contribution in [0.15, 0.2) is 22.8 Å². The van der Waals surface area contributed by atoms with Gasteiger partial charge in [0.25, 0.3) is 5.91 Å². The fourth-order valence-corrected chi connectivity index (χ4v) is 1.84. The second kappa shape index (κ2) is 5.77. The summed E-state index contributed by atoms with van der Waals surface area (Å²) < 4.78 is 0.864. The number of nitrogens with zero attached hydrogens (tertiary/aromatic N) is 1.